The molecule has 2 N–H and O–H groups in total. The molecular weight excluding hydrogens is 224 g/mol. The smallest absolute Gasteiger partial charge is 0.1000 e. The Kier molecular flexibility index (Phi) is 2.53. The fraction of sp³-hybridized carbons (Fsp3) is 0. The molecule has 0 aliphatic heterocycles. The van der Waals surface area contributed by atoms with E-state index in [-0.39, 0.29) is 0 Å². The molecule has 2 aromatic heterocycles. The molecule has 0 aliphatic carbocycles. The van der Waals surface area contributed by atoms with E-state index in [1.165, 1.54) is 0 Å². The highest BCUT2D eigenvalue weighted by atomic mass is 15.0. The minimum absolute atomic E-state index is 0.641. The number of rotatable bonds is 2. The third-order valence-electron chi connectivity index (χ3n) is 2.70. The van der Waals surface area contributed by atoms with Crippen LogP contribution in [0.4, 0.5) is 5.69 Å². The number of imidazole rings is 1. The highest BCUT2D eigenvalue weighted by Crippen LogP contribution is 2.18. The van der Waals surface area contributed by atoms with Crippen molar-refractivity contribution in [3.63, 3.8) is 0 Å². The average molecular weight is 236 g/mol. The molecule has 0 unspecified atom stereocenters. The second-order valence-electron chi connectivity index (χ2n) is 4.01. The summed E-state index contributed by atoms with van der Waals surface area (Å²) in [6.45, 7) is 0. The number of hydrogen-bond acceptors (Lipinski definition) is 3. The van der Waals surface area contributed by atoms with Gasteiger partial charge in [-0.3, -0.25) is 4.98 Å². The topological polar surface area (TPSA) is 56.7 Å². The summed E-state index contributed by atoms with van der Waals surface area (Å²) in [5, 5.41) is 0. The zero-order valence-corrected chi connectivity index (χ0v) is 9.69. The first-order valence-electron chi connectivity index (χ1n) is 5.63. The van der Waals surface area contributed by atoms with Gasteiger partial charge in [-0.15, -0.1) is 0 Å². The van der Waals surface area contributed by atoms with Crippen molar-refractivity contribution in [1.82, 2.24) is 14.5 Å². The number of anilines is 1. The van der Waals surface area contributed by atoms with Crippen molar-refractivity contribution in [1.29, 1.82) is 0 Å². The SMILES string of the molecule is Nc1cncc(-n2cnc(-c3ccccc3)c2)c1. The second kappa shape index (κ2) is 4.33. The summed E-state index contributed by atoms with van der Waals surface area (Å²) in [7, 11) is 0. The zero-order chi connectivity index (χ0) is 12.4. The summed E-state index contributed by atoms with van der Waals surface area (Å²) in [4.78, 5) is 8.46. The standard InChI is InChI=1S/C14H12N4/c15-12-6-13(8-16-7-12)18-9-14(17-10-18)11-4-2-1-3-5-11/h1-10H,15H2. The molecule has 0 aliphatic rings. The van der Waals surface area contributed by atoms with E-state index in [9.17, 15) is 0 Å². The lowest BCUT2D eigenvalue weighted by molar-refractivity contribution is 1.04. The Bertz CT molecular complexity index is 658. The third kappa shape index (κ3) is 1.96. The number of benzene rings is 1. The molecule has 0 saturated carbocycles. The third-order valence-corrected chi connectivity index (χ3v) is 2.70. The summed E-state index contributed by atoms with van der Waals surface area (Å²) >= 11 is 0. The Morgan fingerprint density at radius 3 is 2.67 bits per heavy atom. The first-order valence-corrected chi connectivity index (χ1v) is 5.63. The van der Waals surface area contributed by atoms with Crippen molar-refractivity contribution in [2.45, 2.75) is 0 Å². The maximum atomic E-state index is 5.72. The van der Waals surface area contributed by atoms with Crippen LogP contribution in [-0.4, -0.2) is 14.5 Å². The van der Waals surface area contributed by atoms with Crippen LogP contribution < -0.4 is 5.73 Å². The number of nitrogens with two attached hydrogens (primary N) is 1. The van der Waals surface area contributed by atoms with Crippen molar-refractivity contribution in [3.05, 3.63) is 61.3 Å². The van der Waals surface area contributed by atoms with Gasteiger partial charge >= 0.3 is 0 Å². The van der Waals surface area contributed by atoms with E-state index in [1.807, 2.05) is 47.2 Å². The molecule has 0 saturated heterocycles. The van der Waals surface area contributed by atoms with Gasteiger partial charge in [-0.25, -0.2) is 4.98 Å². The number of nitrogens with zero attached hydrogens (tertiary/aromatic N) is 3. The second-order valence-corrected chi connectivity index (χ2v) is 4.01. The lowest BCUT2D eigenvalue weighted by atomic mass is 10.2. The van der Waals surface area contributed by atoms with E-state index in [4.69, 9.17) is 5.73 Å². The molecule has 4 heteroatoms. The Morgan fingerprint density at radius 2 is 1.89 bits per heavy atom. The quantitative estimate of drug-likeness (QED) is 0.743. The van der Waals surface area contributed by atoms with Gasteiger partial charge in [0.15, 0.2) is 0 Å². The Hall–Kier alpha value is -2.62. The van der Waals surface area contributed by atoms with Crippen molar-refractivity contribution in [3.8, 4) is 16.9 Å². The highest BCUT2D eigenvalue weighted by molar-refractivity contribution is 5.58. The molecule has 0 fully saturated rings. The first-order chi connectivity index (χ1) is 8.83. The molecule has 88 valence electrons. The van der Waals surface area contributed by atoms with Crippen molar-refractivity contribution in [2.24, 2.45) is 0 Å². The van der Waals surface area contributed by atoms with Crippen LogP contribution in [0.15, 0.2) is 61.3 Å². The van der Waals surface area contributed by atoms with E-state index >= 15 is 0 Å². The molecule has 0 amide bonds. The molecule has 3 aromatic rings. The van der Waals surface area contributed by atoms with Crippen LogP contribution in [-0.2, 0) is 0 Å². The van der Waals surface area contributed by atoms with Crippen LogP contribution in [0.5, 0.6) is 0 Å². The predicted molar refractivity (Wildman–Crippen MR) is 71.2 cm³/mol. The van der Waals surface area contributed by atoms with Crippen LogP contribution >= 0.6 is 0 Å². The van der Waals surface area contributed by atoms with Gasteiger partial charge in [0.2, 0.25) is 0 Å². The summed E-state index contributed by atoms with van der Waals surface area (Å²) in [5.41, 5.74) is 9.29. The lowest BCUT2D eigenvalue weighted by Crippen LogP contribution is -1.93. The number of hydrogen-bond donors (Lipinski definition) is 1. The molecule has 18 heavy (non-hydrogen) atoms. The zero-order valence-electron chi connectivity index (χ0n) is 9.69. The Morgan fingerprint density at radius 1 is 1.06 bits per heavy atom. The van der Waals surface area contributed by atoms with Crippen molar-refractivity contribution < 1.29 is 0 Å². The van der Waals surface area contributed by atoms with E-state index in [0.29, 0.717) is 5.69 Å². The fourth-order valence-electron chi connectivity index (χ4n) is 1.81. The molecule has 3 rings (SSSR count). The van der Waals surface area contributed by atoms with Gasteiger partial charge in [-0.1, -0.05) is 30.3 Å². The van der Waals surface area contributed by atoms with Gasteiger partial charge in [0.1, 0.15) is 0 Å². The van der Waals surface area contributed by atoms with Gasteiger partial charge in [-0.05, 0) is 6.07 Å². The molecule has 0 atom stereocenters. The largest absolute Gasteiger partial charge is 0.397 e. The van der Waals surface area contributed by atoms with Gasteiger partial charge in [-0.2, -0.15) is 0 Å². The predicted octanol–water partition coefficient (Wildman–Crippen LogP) is 2.52. The average Bonchev–Trinajstić information content (AvgIpc) is 2.89. The minimum atomic E-state index is 0.641. The van der Waals surface area contributed by atoms with Gasteiger partial charge < -0.3 is 10.3 Å². The fourth-order valence-corrected chi connectivity index (χ4v) is 1.81. The van der Waals surface area contributed by atoms with E-state index in [2.05, 4.69) is 9.97 Å². The molecule has 4 nitrogen and oxygen atoms in total. The van der Waals surface area contributed by atoms with Crippen molar-refractivity contribution >= 4 is 5.69 Å². The van der Waals surface area contributed by atoms with Crippen LogP contribution in [0, 0.1) is 0 Å². The van der Waals surface area contributed by atoms with Crippen LogP contribution in [0.2, 0.25) is 0 Å². The molecule has 2 heterocycles. The monoisotopic (exact) mass is 236 g/mol. The molecule has 0 spiro atoms. The maximum Gasteiger partial charge on any atom is 0.1000 e. The summed E-state index contributed by atoms with van der Waals surface area (Å²) in [6.07, 6.45) is 7.11. The van der Waals surface area contributed by atoms with Gasteiger partial charge in [0.05, 0.1) is 29.6 Å². The van der Waals surface area contributed by atoms with E-state index in [0.717, 1.165) is 16.9 Å². The minimum Gasteiger partial charge on any atom is -0.397 e. The normalized spacial score (nSPS) is 10.4. The van der Waals surface area contributed by atoms with Crippen molar-refractivity contribution in [2.75, 3.05) is 5.73 Å². The molecule has 1 aromatic carbocycles. The van der Waals surface area contributed by atoms with Crippen LogP contribution in [0.3, 0.4) is 0 Å². The molecule has 0 radical (unpaired) electrons. The number of aromatic nitrogens is 3. The first kappa shape index (κ1) is 10.5. The van der Waals surface area contributed by atoms with E-state index in [1.54, 1.807) is 18.7 Å². The number of nitrogen functional groups attached to an aromatic ring is 1. The molecular formula is C14H12N4. The van der Waals surface area contributed by atoms with E-state index < -0.39 is 0 Å². The van der Waals surface area contributed by atoms with Crippen LogP contribution in [0.25, 0.3) is 16.9 Å². The summed E-state index contributed by atoms with van der Waals surface area (Å²) < 4.78 is 1.91. The Balaban J connectivity index is 2.00. The van der Waals surface area contributed by atoms with Gasteiger partial charge in [0, 0.05) is 18.0 Å². The highest BCUT2D eigenvalue weighted by Gasteiger charge is 2.03. The van der Waals surface area contributed by atoms with Gasteiger partial charge in [0.25, 0.3) is 0 Å². The lowest BCUT2D eigenvalue weighted by Gasteiger charge is -2.01. The van der Waals surface area contributed by atoms with Crippen LogP contribution in [0.1, 0.15) is 0 Å². The maximum absolute atomic E-state index is 5.72. The summed E-state index contributed by atoms with van der Waals surface area (Å²) in [5.74, 6) is 0. The molecule has 0 bridgehead atoms. The summed E-state index contributed by atoms with van der Waals surface area (Å²) in [6, 6.07) is 11.9. The number of pyridine rings is 1. The Labute approximate surface area is 105 Å².